The van der Waals surface area contributed by atoms with Crippen molar-refractivity contribution in [3.8, 4) is 5.75 Å². The first kappa shape index (κ1) is 13.8. The van der Waals surface area contributed by atoms with E-state index in [9.17, 15) is 0 Å². The number of hydrogen-bond donors (Lipinski definition) is 1. The Bertz CT molecular complexity index is 593. The minimum absolute atomic E-state index is 0.138. The fourth-order valence-electron chi connectivity index (χ4n) is 1.70. The normalized spacial score (nSPS) is 13.3. The molecule has 0 aliphatic heterocycles. The van der Waals surface area contributed by atoms with Crippen molar-refractivity contribution in [3.05, 3.63) is 40.6 Å². The number of rotatable bonds is 3. The molecule has 1 N–H and O–H groups in total. The summed E-state index contributed by atoms with van der Waals surface area (Å²) in [5.74, 6) is 1.23. The first-order valence-corrected chi connectivity index (χ1v) is 6.60. The quantitative estimate of drug-likeness (QED) is 0.856. The molecule has 0 aliphatic rings. The molecular formula is C14H18N2O2S. The molecule has 0 fully saturated rings. The van der Waals surface area contributed by atoms with Gasteiger partial charge in [-0.1, -0.05) is 32.9 Å². The van der Waals surface area contributed by atoms with E-state index in [0.717, 1.165) is 5.75 Å². The predicted octanol–water partition coefficient (Wildman–Crippen LogP) is 4.17. The summed E-state index contributed by atoms with van der Waals surface area (Å²) in [5.41, 5.74) is 1.41. The molecule has 0 aliphatic carbocycles. The Labute approximate surface area is 117 Å². The van der Waals surface area contributed by atoms with E-state index < -0.39 is 0 Å². The van der Waals surface area contributed by atoms with Crippen LogP contribution >= 0.6 is 12.2 Å². The van der Waals surface area contributed by atoms with E-state index in [0.29, 0.717) is 5.89 Å². The zero-order valence-corrected chi connectivity index (χ0v) is 12.4. The third kappa shape index (κ3) is 3.44. The smallest absolute Gasteiger partial charge is 0.284 e. The molecule has 1 aromatic carbocycles. The number of benzene rings is 1. The second-order valence-electron chi connectivity index (χ2n) is 5.49. The molecular weight excluding hydrogens is 260 g/mol. The van der Waals surface area contributed by atoms with Gasteiger partial charge in [-0.25, -0.2) is 5.10 Å². The van der Waals surface area contributed by atoms with E-state index >= 15 is 0 Å². The lowest BCUT2D eigenvalue weighted by Crippen LogP contribution is -2.10. The number of nitrogens with zero attached hydrogens (tertiary/aromatic N) is 1. The van der Waals surface area contributed by atoms with E-state index in [-0.39, 0.29) is 16.4 Å². The molecule has 102 valence electrons. The molecule has 0 spiro atoms. The van der Waals surface area contributed by atoms with Crippen molar-refractivity contribution in [1.82, 2.24) is 10.2 Å². The number of aromatic amines is 1. The van der Waals surface area contributed by atoms with Crippen LogP contribution in [0.4, 0.5) is 0 Å². The van der Waals surface area contributed by atoms with Crippen molar-refractivity contribution < 1.29 is 9.15 Å². The third-order valence-electron chi connectivity index (χ3n) is 2.84. The van der Waals surface area contributed by atoms with Crippen LogP contribution in [-0.2, 0) is 5.41 Å². The van der Waals surface area contributed by atoms with Crippen LogP contribution < -0.4 is 4.74 Å². The van der Waals surface area contributed by atoms with Gasteiger partial charge in [0.25, 0.3) is 10.7 Å². The van der Waals surface area contributed by atoms with Crippen molar-refractivity contribution in [3.63, 3.8) is 0 Å². The van der Waals surface area contributed by atoms with Gasteiger partial charge in [0.15, 0.2) is 6.10 Å². The monoisotopic (exact) mass is 278 g/mol. The maximum Gasteiger partial charge on any atom is 0.284 e. The highest BCUT2D eigenvalue weighted by atomic mass is 32.1. The average molecular weight is 278 g/mol. The Balaban J connectivity index is 2.09. The minimum Gasteiger partial charge on any atom is -0.481 e. The first-order chi connectivity index (χ1) is 8.86. The summed E-state index contributed by atoms with van der Waals surface area (Å²) < 4.78 is 11.0. The molecule has 0 radical (unpaired) electrons. The van der Waals surface area contributed by atoms with Gasteiger partial charge in [-0.2, -0.15) is 0 Å². The molecule has 0 saturated heterocycles. The third-order valence-corrected chi connectivity index (χ3v) is 3.01. The minimum atomic E-state index is -0.284. The van der Waals surface area contributed by atoms with Crippen molar-refractivity contribution in [2.75, 3.05) is 0 Å². The number of ether oxygens (including phenoxy) is 1. The maximum atomic E-state index is 5.76. The molecule has 0 amide bonds. The van der Waals surface area contributed by atoms with Crippen LogP contribution in [0.3, 0.4) is 0 Å². The Morgan fingerprint density at radius 1 is 1.26 bits per heavy atom. The number of hydrogen-bond acceptors (Lipinski definition) is 4. The van der Waals surface area contributed by atoms with Gasteiger partial charge >= 0.3 is 0 Å². The first-order valence-electron chi connectivity index (χ1n) is 6.19. The molecule has 2 rings (SSSR count). The van der Waals surface area contributed by atoms with Crippen molar-refractivity contribution >= 4 is 12.2 Å². The van der Waals surface area contributed by atoms with Crippen LogP contribution in [0, 0.1) is 4.84 Å². The Hall–Kier alpha value is -1.62. The van der Waals surface area contributed by atoms with Crippen LogP contribution in [0.1, 0.15) is 45.3 Å². The summed E-state index contributed by atoms with van der Waals surface area (Å²) in [5, 5.41) is 6.53. The van der Waals surface area contributed by atoms with Crippen LogP contribution in [0.25, 0.3) is 0 Å². The van der Waals surface area contributed by atoms with Gasteiger partial charge in [0.2, 0.25) is 0 Å². The summed E-state index contributed by atoms with van der Waals surface area (Å²) in [7, 11) is 0. The van der Waals surface area contributed by atoms with E-state index in [1.165, 1.54) is 5.56 Å². The molecule has 4 nitrogen and oxygen atoms in total. The molecule has 5 heteroatoms. The van der Waals surface area contributed by atoms with Crippen molar-refractivity contribution in [2.24, 2.45) is 0 Å². The van der Waals surface area contributed by atoms with Crippen LogP contribution in [0.5, 0.6) is 5.75 Å². The second-order valence-corrected chi connectivity index (χ2v) is 5.86. The predicted molar refractivity (Wildman–Crippen MR) is 75.9 cm³/mol. The van der Waals surface area contributed by atoms with E-state index in [1.54, 1.807) is 0 Å². The highest BCUT2D eigenvalue weighted by Crippen LogP contribution is 2.26. The van der Waals surface area contributed by atoms with Gasteiger partial charge in [0, 0.05) is 0 Å². The Morgan fingerprint density at radius 3 is 2.37 bits per heavy atom. The molecule has 1 atom stereocenters. The summed E-state index contributed by atoms with van der Waals surface area (Å²) >= 11 is 4.83. The number of H-pyrrole nitrogens is 1. The SMILES string of the molecule is CC(Oc1ccc(C(C)(C)C)cc1)c1n[nH]c(=S)o1. The summed E-state index contributed by atoms with van der Waals surface area (Å²) in [6.45, 7) is 8.41. The zero-order valence-electron chi connectivity index (χ0n) is 11.6. The van der Waals surface area contributed by atoms with Gasteiger partial charge in [-0.15, -0.1) is 5.10 Å². The molecule has 0 bridgehead atoms. The van der Waals surface area contributed by atoms with E-state index in [4.69, 9.17) is 21.4 Å². The molecule has 2 aromatic rings. The summed E-state index contributed by atoms with van der Waals surface area (Å²) in [6.07, 6.45) is -0.284. The van der Waals surface area contributed by atoms with Crippen molar-refractivity contribution in [1.29, 1.82) is 0 Å². The molecule has 1 unspecified atom stereocenters. The topological polar surface area (TPSA) is 51.0 Å². The average Bonchev–Trinajstić information content (AvgIpc) is 2.75. The largest absolute Gasteiger partial charge is 0.481 e. The molecule has 19 heavy (non-hydrogen) atoms. The molecule has 1 heterocycles. The Morgan fingerprint density at radius 2 is 1.89 bits per heavy atom. The van der Waals surface area contributed by atoms with Gasteiger partial charge < -0.3 is 9.15 Å². The molecule has 0 saturated carbocycles. The Kier molecular flexibility index (Phi) is 3.75. The van der Waals surface area contributed by atoms with Crippen LogP contribution in [-0.4, -0.2) is 10.2 Å². The lowest BCUT2D eigenvalue weighted by Gasteiger charge is -2.19. The van der Waals surface area contributed by atoms with Crippen LogP contribution in [0.2, 0.25) is 0 Å². The number of nitrogens with one attached hydrogen (secondary N) is 1. The highest BCUT2D eigenvalue weighted by molar-refractivity contribution is 7.71. The maximum absolute atomic E-state index is 5.76. The van der Waals surface area contributed by atoms with Gasteiger partial charge in [-0.05, 0) is 42.3 Å². The highest BCUT2D eigenvalue weighted by Gasteiger charge is 2.15. The van der Waals surface area contributed by atoms with Crippen molar-refractivity contribution in [2.45, 2.75) is 39.2 Å². The van der Waals surface area contributed by atoms with Gasteiger partial charge in [0.05, 0.1) is 0 Å². The van der Waals surface area contributed by atoms with Crippen LogP contribution in [0.15, 0.2) is 28.7 Å². The zero-order chi connectivity index (χ0) is 14.0. The second kappa shape index (κ2) is 5.17. The standard InChI is InChI=1S/C14H18N2O2S/c1-9(12-15-16-13(19)18-12)17-11-7-5-10(6-8-11)14(2,3)4/h5-9H,1-4H3,(H,16,19). The molecule has 1 aromatic heterocycles. The van der Waals surface area contributed by atoms with E-state index in [1.807, 2.05) is 19.1 Å². The fourth-order valence-corrected chi connectivity index (χ4v) is 1.83. The summed E-state index contributed by atoms with van der Waals surface area (Å²) in [6, 6.07) is 8.06. The fraction of sp³-hybridized carbons (Fsp3) is 0.429. The van der Waals surface area contributed by atoms with Gasteiger partial charge in [0.1, 0.15) is 5.75 Å². The number of aromatic nitrogens is 2. The lowest BCUT2D eigenvalue weighted by molar-refractivity contribution is 0.187. The summed E-state index contributed by atoms with van der Waals surface area (Å²) in [4.78, 5) is 0.258. The van der Waals surface area contributed by atoms with E-state index in [2.05, 4.69) is 43.1 Å². The van der Waals surface area contributed by atoms with Gasteiger partial charge in [-0.3, -0.25) is 0 Å². The lowest BCUT2D eigenvalue weighted by atomic mass is 9.87.